The fourth-order valence-corrected chi connectivity index (χ4v) is 6.20. The molecule has 3 aliphatic rings. The average molecular weight is 472 g/mol. The number of carbonyl (C=O) groups excluding carboxylic acids is 2. The highest BCUT2D eigenvalue weighted by molar-refractivity contribution is 6.38. The van der Waals surface area contributed by atoms with E-state index in [9.17, 15) is 9.59 Å². The third-order valence-corrected chi connectivity index (χ3v) is 7.52. The number of benzene rings is 3. The zero-order valence-corrected chi connectivity index (χ0v) is 19.0. The standard InChI is InChI=1S/C28H19Cl2NO2/c29-18-11-14-22(21(30)15-18)31-27(32)25-19-12-13-20(26(25)28(31)33)24(19)23(16-7-3-1-4-8-16)17-9-5-2-6-10-17/h1-15,19-20,25-26H/t19-,20+,25-,26+. The Morgan fingerprint density at radius 3 is 1.70 bits per heavy atom. The van der Waals surface area contributed by atoms with Gasteiger partial charge in [-0.1, -0.05) is 96.0 Å². The molecule has 1 aliphatic heterocycles. The van der Waals surface area contributed by atoms with E-state index in [2.05, 4.69) is 36.4 Å². The van der Waals surface area contributed by atoms with Crippen LogP contribution in [0.2, 0.25) is 10.0 Å². The number of halogens is 2. The van der Waals surface area contributed by atoms with Gasteiger partial charge in [0.1, 0.15) is 0 Å². The Morgan fingerprint density at radius 2 is 1.21 bits per heavy atom. The summed E-state index contributed by atoms with van der Waals surface area (Å²) in [4.78, 5) is 28.5. The van der Waals surface area contributed by atoms with Crippen LogP contribution in [0.4, 0.5) is 5.69 Å². The SMILES string of the molecule is O=C1[C@@H]2[C@H](C(=O)N1c1ccc(Cl)cc1Cl)[C@@H]1C=C[C@H]2C1=C(c1ccccc1)c1ccccc1. The van der Waals surface area contributed by atoms with E-state index in [0.29, 0.717) is 15.7 Å². The number of carbonyl (C=O) groups is 2. The van der Waals surface area contributed by atoms with E-state index in [0.717, 1.165) is 22.3 Å². The van der Waals surface area contributed by atoms with Crippen LogP contribution in [-0.2, 0) is 9.59 Å². The van der Waals surface area contributed by atoms with Gasteiger partial charge in [0.25, 0.3) is 0 Å². The summed E-state index contributed by atoms with van der Waals surface area (Å²) in [7, 11) is 0. The highest BCUT2D eigenvalue weighted by atomic mass is 35.5. The van der Waals surface area contributed by atoms with E-state index in [1.807, 2.05) is 36.4 Å². The van der Waals surface area contributed by atoms with E-state index in [1.165, 1.54) is 4.90 Å². The summed E-state index contributed by atoms with van der Waals surface area (Å²) < 4.78 is 0. The summed E-state index contributed by atoms with van der Waals surface area (Å²) in [5.74, 6) is -1.47. The first-order chi connectivity index (χ1) is 16.1. The zero-order chi connectivity index (χ0) is 22.7. The zero-order valence-electron chi connectivity index (χ0n) is 17.5. The molecule has 0 N–H and O–H groups in total. The van der Waals surface area contributed by atoms with Crippen LogP contribution in [-0.4, -0.2) is 11.8 Å². The van der Waals surface area contributed by atoms with Crippen molar-refractivity contribution in [2.75, 3.05) is 4.90 Å². The van der Waals surface area contributed by atoms with E-state index >= 15 is 0 Å². The lowest BCUT2D eigenvalue weighted by Crippen LogP contribution is -2.33. The molecule has 0 spiro atoms. The van der Waals surface area contributed by atoms with Gasteiger partial charge in [-0.3, -0.25) is 9.59 Å². The minimum Gasteiger partial charge on any atom is -0.274 e. The van der Waals surface area contributed by atoms with Crippen LogP contribution >= 0.6 is 23.2 Å². The van der Waals surface area contributed by atoms with Gasteiger partial charge in [-0.25, -0.2) is 4.90 Å². The van der Waals surface area contributed by atoms with E-state index in [4.69, 9.17) is 23.2 Å². The first-order valence-corrected chi connectivity index (χ1v) is 11.7. The first kappa shape index (κ1) is 20.5. The Hall–Kier alpha value is -3.14. The molecule has 0 unspecified atom stereocenters. The fraction of sp³-hybridized carbons (Fsp3) is 0.143. The maximum Gasteiger partial charge on any atom is 0.238 e. The van der Waals surface area contributed by atoms with Crippen molar-refractivity contribution in [3.63, 3.8) is 0 Å². The molecule has 1 saturated heterocycles. The van der Waals surface area contributed by atoms with Gasteiger partial charge in [-0.15, -0.1) is 0 Å². The summed E-state index contributed by atoms with van der Waals surface area (Å²) in [5, 5.41) is 0.764. The number of amides is 2. The molecule has 162 valence electrons. The van der Waals surface area contributed by atoms with Gasteiger partial charge in [0.2, 0.25) is 11.8 Å². The molecule has 4 atom stereocenters. The number of anilines is 1. The topological polar surface area (TPSA) is 37.4 Å². The van der Waals surface area contributed by atoms with Gasteiger partial charge in [0, 0.05) is 16.9 Å². The Bertz CT molecular complexity index is 1270. The molecule has 0 aromatic heterocycles. The van der Waals surface area contributed by atoms with Gasteiger partial charge in [0.15, 0.2) is 0 Å². The van der Waals surface area contributed by atoms with Crippen LogP contribution in [0.15, 0.2) is 96.6 Å². The van der Waals surface area contributed by atoms with Crippen molar-refractivity contribution in [1.82, 2.24) is 0 Å². The van der Waals surface area contributed by atoms with Crippen molar-refractivity contribution < 1.29 is 9.59 Å². The molecule has 2 fully saturated rings. The molecule has 33 heavy (non-hydrogen) atoms. The molecular formula is C28H19Cl2NO2. The van der Waals surface area contributed by atoms with Gasteiger partial charge < -0.3 is 0 Å². The molecule has 0 radical (unpaired) electrons. The Labute approximate surface area is 201 Å². The summed E-state index contributed by atoms with van der Waals surface area (Å²) in [5.41, 5.74) is 4.86. The third-order valence-electron chi connectivity index (χ3n) is 6.98. The maximum absolute atomic E-state index is 13.6. The van der Waals surface area contributed by atoms with Crippen molar-refractivity contribution in [3.8, 4) is 0 Å². The van der Waals surface area contributed by atoms with Crippen LogP contribution in [0, 0.1) is 23.7 Å². The minimum atomic E-state index is -0.420. The maximum atomic E-state index is 13.6. The van der Waals surface area contributed by atoms with Crippen molar-refractivity contribution in [2.24, 2.45) is 23.7 Å². The number of rotatable bonds is 3. The number of imide groups is 1. The largest absolute Gasteiger partial charge is 0.274 e. The predicted octanol–water partition coefficient (Wildman–Crippen LogP) is 6.42. The number of hydrogen-bond donors (Lipinski definition) is 0. The molecule has 2 amide bonds. The number of hydrogen-bond acceptors (Lipinski definition) is 2. The normalized spacial score (nSPS) is 25.2. The monoisotopic (exact) mass is 471 g/mol. The summed E-state index contributed by atoms with van der Waals surface area (Å²) >= 11 is 12.4. The van der Waals surface area contributed by atoms with E-state index < -0.39 is 11.8 Å². The molecule has 1 saturated carbocycles. The summed E-state index contributed by atoms with van der Waals surface area (Å²) in [6.45, 7) is 0. The molecule has 2 bridgehead atoms. The Balaban J connectivity index is 1.49. The Kier molecular flexibility index (Phi) is 4.79. The number of fused-ring (bicyclic) bond motifs is 5. The van der Waals surface area contributed by atoms with Crippen LogP contribution in [0.1, 0.15) is 11.1 Å². The lowest BCUT2D eigenvalue weighted by molar-refractivity contribution is -0.122. The number of nitrogens with zero attached hydrogens (tertiary/aromatic N) is 1. The minimum absolute atomic E-state index is 0.122. The van der Waals surface area contributed by atoms with Crippen LogP contribution < -0.4 is 4.90 Å². The predicted molar refractivity (Wildman–Crippen MR) is 131 cm³/mol. The van der Waals surface area contributed by atoms with Gasteiger partial charge in [0.05, 0.1) is 22.5 Å². The molecule has 3 aromatic rings. The smallest absolute Gasteiger partial charge is 0.238 e. The quantitative estimate of drug-likeness (QED) is 0.326. The van der Waals surface area contributed by atoms with Crippen LogP contribution in [0.3, 0.4) is 0 Å². The summed E-state index contributed by atoms with van der Waals surface area (Å²) in [6.07, 6.45) is 4.20. The Morgan fingerprint density at radius 1 is 0.697 bits per heavy atom. The highest BCUT2D eigenvalue weighted by Crippen LogP contribution is 2.59. The molecule has 1 heterocycles. The second kappa shape index (κ2) is 7.72. The van der Waals surface area contributed by atoms with Gasteiger partial charge in [-0.05, 0) is 40.5 Å². The second-order valence-corrected chi connectivity index (χ2v) is 9.50. The van der Waals surface area contributed by atoms with Crippen molar-refractivity contribution in [3.05, 3.63) is 118 Å². The molecule has 3 aromatic carbocycles. The lowest BCUT2D eigenvalue weighted by Gasteiger charge is -2.22. The molecular weight excluding hydrogens is 453 g/mol. The molecule has 6 rings (SSSR count). The van der Waals surface area contributed by atoms with Crippen molar-refractivity contribution in [1.29, 1.82) is 0 Å². The first-order valence-electron chi connectivity index (χ1n) is 10.9. The second-order valence-electron chi connectivity index (χ2n) is 8.66. The third kappa shape index (κ3) is 3.03. The fourth-order valence-electron chi connectivity index (χ4n) is 5.71. The van der Waals surface area contributed by atoms with E-state index in [-0.39, 0.29) is 23.7 Å². The van der Waals surface area contributed by atoms with E-state index in [1.54, 1.807) is 18.2 Å². The van der Waals surface area contributed by atoms with Crippen molar-refractivity contribution >= 4 is 46.3 Å². The number of allylic oxidation sites excluding steroid dienone is 3. The average Bonchev–Trinajstić information content (AvgIpc) is 3.46. The molecule has 3 nitrogen and oxygen atoms in total. The lowest BCUT2D eigenvalue weighted by atomic mass is 9.85. The van der Waals surface area contributed by atoms with Gasteiger partial charge >= 0.3 is 0 Å². The highest BCUT2D eigenvalue weighted by Gasteiger charge is 2.62. The van der Waals surface area contributed by atoms with Crippen LogP contribution in [0.25, 0.3) is 5.57 Å². The summed E-state index contributed by atoms with van der Waals surface area (Å²) in [6, 6.07) is 25.3. The van der Waals surface area contributed by atoms with Gasteiger partial charge in [-0.2, -0.15) is 0 Å². The molecule has 2 aliphatic carbocycles. The van der Waals surface area contributed by atoms with Crippen LogP contribution in [0.5, 0.6) is 0 Å². The van der Waals surface area contributed by atoms with Crippen molar-refractivity contribution in [2.45, 2.75) is 0 Å². The molecule has 5 heteroatoms.